The Kier molecular flexibility index (Phi) is 8.74. The molecule has 4 aromatic rings. The first-order valence-electron chi connectivity index (χ1n) is 15.0. The van der Waals surface area contributed by atoms with E-state index in [1.165, 1.54) is 0 Å². The number of carbonyl (C=O) groups excluding carboxylic acids is 3. The van der Waals surface area contributed by atoms with Crippen LogP contribution in [-0.4, -0.2) is 66.6 Å². The number of anilines is 4. The average Bonchev–Trinajstić information content (AvgIpc) is 3.03. The molecule has 2 fully saturated rings. The van der Waals surface area contributed by atoms with Gasteiger partial charge in [-0.25, -0.2) is 9.78 Å². The van der Waals surface area contributed by atoms with Gasteiger partial charge in [-0.3, -0.25) is 19.9 Å². The van der Waals surface area contributed by atoms with Gasteiger partial charge in [0.15, 0.2) is 5.69 Å². The van der Waals surface area contributed by atoms with Crippen LogP contribution in [0.5, 0.6) is 0 Å². The van der Waals surface area contributed by atoms with Crippen molar-refractivity contribution in [3.8, 4) is 0 Å². The second-order valence-electron chi connectivity index (χ2n) is 11.6. The topological polar surface area (TPSA) is 155 Å². The van der Waals surface area contributed by atoms with Crippen molar-refractivity contribution in [2.75, 3.05) is 53.2 Å². The first kappa shape index (κ1) is 29.8. The Morgan fingerprint density at radius 3 is 2.69 bits per heavy atom. The minimum absolute atomic E-state index is 0.00575. The van der Waals surface area contributed by atoms with Gasteiger partial charge in [-0.05, 0) is 42.2 Å². The van der Waals surface area contributed by atoms with E-state index in [0.29, 0.717) is 42.1 Å². The van der Waals surface area contributed by atoms with Crippen LogP contribution in [0.25, 0.3) is 10.9 Å². The number of fused-ring (bicyclic) bond motifs is 1. The second kappa shape index (κ2) is 13.2. The van der Waals surface area contributed by atoms with Crippen molar-refractivity contribution in [2.45, 2.75) is 26.0 Å². The number of hydrogen-bond acceptors (Lipinski definition) is 9. The molecule has 12 heteroatoms. The number of pyridine rings is 2. The number of rotatable bonds is 7. The maximum absolute atomic E-state index is 13.9. The Morgan fingerprint density at radius 1 is 1.04 bits per heavy atom. The molecule has 12 nitrogen and oxygen atoms in total. The van der Waals surface area contributed by atoms with E-state index >= 15 is 0 Å². The molecule has 45 heavy (non-hydrogen) atoms. The molecule has 6 rings (SSSR count). The number of carbonyl (C=O) groups is 3. The van der Waals surface area contributed by atoms with Crippen molar-refractivity contribution >= 4 is 51.6 Å². The molecular formula is C33H36N8O4. The van der Waals surface area contributed by atoms with Crippen molar-refractivity contribution in [2.24, 2.45) is 11.7 Å². The number of amides is 3. The van der Waals surface area contributed by atoms with Gasteiger partial charge in [0.05, 0.1) is 35.3 Å². The highest BCUT2D eigenvalue weighted by Gasteiger charge is 2.26. The van der Waals surface area contributed by atoms with E-state index < -0.39 is 12.0 Å². The van der Waals surface area contributed by atoms with Gasteiger partial charge in [0.25, 0.3) is 5.91 Å². The second-order valence-corrected chi connectivity index (χ2v) is 11.6. The van der Waals surface area contributed by atoms with Gasteiger partial charge in [-0.1, -0.05) is 43.3 Å². The molecule has 2 aliphatic rings. The van der Waals surface area contributed by atoms with Crippen LogP contribution in [0.3, 0.4) is 0 Å². The summed E-state index contributed by atoms with van der Waals surface area (Å²) in [4.78, 5) is 51.9. The predicted molar refractivity (Wildman–Crippen MR) is 173 cm³/mol. The monoisotopic (exact) mass is 608 g/mol. The molecule has 0 radical (unpaired) electrons. The Balaban J connectivity index is 1.31. The van der Waals surface area contributed by atoms with Gasteiger partial charge >= 0.3 is 6.09 Å². The lowest BCUT2D eigenvalue weighted by atomic mass is 9.96. The van der Waals surface area contributed by atoms with Crippen molar-refractivity contribution in [1.29, 1.82) is 0 Å². The highest BCUT2D eigenvalue weighted by molar-refractivity contribution is 6.11. The molecule has 2 aromatic heterocycles. The molecule has 232 valence electrons. The van der Waals surface area contributed by atoms with E-state index in [2.05, 4.69) is 32.8 Å². The zero-order valence-electron chi connectivity index (χ0n) is 25.0. The van der Waals surface area contributed by atoms with Crippen LogP contribution in [0, 0.1) is 5.92 Å². The fourth-order valence-electron chi connectivity index (χ4n) is 5.89. The maximum atomic E-state index is 13.9. The SMILES string of the molecule is C[C@@H]1C[C@H](N)CN(c2ccncc2NC(=O)c2nc3cc(N4CCNC(=O)C4)ccc3cc2NC(=O)OCc2ccccc2)C1. The Labute approximate surface area is 261 Å². The summed E-state index contributed by atoms with van der Waals surface area (Å²) < 4.78 is 5.44. The zero-order chi connectivity index (χ0) is 31.3. The van der Waals surface area contributed by atoms with Gasteiger partial charge in [-0.15, -0.1) is 0 Å². The number of piperidine rings is 1. The van der Waals surface area contributed by atoms with Crippen LogP contribution in [0.1, 0.15) is 29.4 Å². The normalized spacial score (nSPS) is 18.3. The summed E-state index contributed by atoms with van der Waals surface area (Å²) in [6.45, 7) is 5.10. The minimum Gasteiger partial charge on any atom is -0.444 e. The van der Waals surface area contributed by atoms with E-state index in [9.17, 15) is 14.4 Å². The zero-order valence-corrected chi connectivity index (χ0v) is 25.0. The molecule has 0 saturated carbocycles. The Hall–Kier alpha value is -5.23. The van der Waals surface area contributed by atoms with Crippen LogP contribution in [-0.2, 0) is 16.1 Å². The number of benzene rings is 2. The maximum Gasteiger partial charge on any atom is 0.412 e. The number of nitrogens with zero attached hydrogens (tertiary/aromatic N) is 4. The third-order valence-corrected chi connectivity index (χ3v) is 7.95. The lowest BCUT2D eigenvalue weighted by Crippen LogP contribution is -2.47. The number of ether oxygens (including phenoxy) is 1. The van der Waals surface area contributed by atoms with Gasteiger partial charge in [0, 0.05) is 49.5 Å². The molecular weight excluding hydrogens is 572 g/mol. The summed E-state index contributed by atoms with van der Waals surface area (Å²) in [7, 11) is 0. The van der Waals surface area contributed by atoms with E-state index in [-0.39, 0.29) is 36.5 Å². The highest BCUT2D eigenvalue weighted by Crippen LogP contribution is 2.31. The molecule has 0 unspecified atom stereocenters. The van der Waals surface area contributed by atoms with Gasteiger partial charge in [-0.2, -0.15) is 0 Å². The largest absolute Gasteiger partial charge is 0.444 e. The molecule has 0 spiro atoms. The number of hydrogen-bond donors (Lipinski definition) is 4. The summed E-state index contributed by atoms with van der Waals surface area (Å²) in [6.07, 6.45) is 3.49. The summed E-state index contributed by atoms with van der Waals surface area (Å²) >= 11 is 0. The van der Waals surface area contributed by atoms with Crippen molar-refractivity contribution < 1.29 is 19.1 Å². The molecule has 2 aliphatic heterocycles. The summed E-state index contributed by atoms with van der Waals surface area (Å²) in [5.74, 6) is -0.189. The van der Waals surface area contributed by atoms with Crippen LogP contribution >= 0.6 is 0 Å². The van der Waals surface area contributed by atoms with Crippen LogP contribution < -0.4 is 31.5 Å². The lowest BCUT2D eigenvalue weighted by Gasteiger charge is -2.37. The van der Waals surface area contributed by atoms with E-state index in [1.807, 2.05) is 59.5 Å². The van der Waals surface area contributed by atoms with E-state index in [0.717, 1.165) is 29.9 Å². The number of nitrogens with two attached hydrogens (primary N) is 1. The van der Waals surface area contributed by atoms with E-state index in [1.54, 1.807) is 18.5 Å². The molecule has 2 atom stereocenters. The van der Waals surface area contributed by atoms with Crippen molar-refractivity contribution in [1.82, 2.24) is 15.3 Å². The van der Waals surface area contributed by atoms with Gasteiger partial charge in [0.2, 0.25) is 5.91 Å². The number of aromatic nitrogens is 2. The first-order chi connectivity index (χ1) is 21.8. The minimum atomic E-state index is -0.719. The molecule has 0 bridgehead atoms. The molecule has 2 saturated heterocycles. The number of piperazine rings is 1. The average molecular weight is 609 g/mol. The third-order valence-electron chi connectivity index (χ3n) is 7.95. The van der Waals surface area contributed by atoms with Crippen LogP contribution in [0.2, 0.25) is 0 Å². The van der Waals surface area contributed by atoms with Gasteiger partial charge < -0.3 is 30.9 Å². The summed E-state index contributed by atoms with van der Waals surface area (Å²) in [6, 6.07) is 18.5. The first-order valence-corrected chi connectivity index (χ1v) is 15.0. The molecule has 0 aliphatic carbocycles. The fraction of sp³-hybridized carbons (Fsp3) is 0.303. The van der Waals surface area contributed by atoms with Crippen LogP contribution in [0.15, 0.2) is 73.1 Å². The van der Waals surface area contributed by atoms with Crippen molar-refractivity contribution in [3.05, 3.63) is 84.3 Å². The fourth-order valence-corrected chi connectivity index (χ4v) is 5.89. The van der Waals surface area contributed by atoms with Crippen LogP contribution in [0.4, 0.5) is 27.5 Å². The Morgan fingerprint density at radius 2 is 1.89 bits per heavy atom. The smallest absolute Gasteiger partial charge is 0.412 e. The lowest BCUT2D eigenvalue weighted by molar-refractivity contribution is -0.120. The molecule has 4 heterocycles. The predicted octanol–water partition coefficient (Wildman–Crippen LogP) is 3.74. The van der Waals surface area contributed by atoms with E-state index in [4.69, 9.17) is 15.5 Å². The molecule has 3 amide bonds. The Bertz CT molecular complexity index is 1710. The third kappa shape index (κ3) is 7.13. The highest BCUT2D eigenvalue weighted by atomic mass is 16.5. The molecule has 2 aromatic carbocycles. The van der Waals surface area contributed by atoms with Crippen molar-refractivity contribution in [3.63, 3.8) is 0 Å². The van der Waals surface area contributed by atoms with Gasteiger partial charge in [0.1, 0.15) is 6.61 Å². The number of nitrogens with one attached hydrogen (secondary N) is 3. The quantitative estimate of drug-likeness (QED) is 0.246. The summed E-state index contributed by atoms with van der Waals surface area (Å²) in [5, 5.41) is 9.23. The summed E-state index contributed by atoms with van der Waals surface area (Å²) in [5.41, 5.74) is 10.0. The molecule has 5 N–H and O–H groups in total. The standard InChI is InChI=1S/C33H36N8O4/c1-21-13-24(34)18-41(17-21)29-9-10-35-16-28(29)38-32(43)31-27(39-33(44)45-20-22-5-3-2-4-6-22)14-23-7-8-25(15-26(23)37-31)40-12-11-36-30(42)19-40/h2-10,14-16,21,24H,11-13,17-20,34H2,1H3,(H,36,42)(H,38,43)(H,39,44)/t21-,24+/m1/s1.